The highest BCUT2D eigenvalue weighted by Crippen LogP contribution is 2.32. The van der Waals surface area contributed by atoms with Crippen molar-refractivity contribution in [3.8, 4) is 16.3 Å². The van der Waals surface area contributed by atoms with Gasteiger partial charge in [-0.15, -0.1) is 11.3 Å². The van der Waals surface area contributed by atoms with E-state index < -0.39 is 0 Å². The molecule has 4 aromatic rings. The van der Waals surface area contributed by atoms with Gasteiger partial charge in [0.1, 0.15) is 28.9 Å². The molecule has 2 N–H and O–H groups in total. The summed E-state index contributed by atoms with van der Waals surface area (Å²) in [7, 11) is 0. The van der Waals surface area contributed by atoms with Crippen molar-refractivity contribution >= 4 is 23.1 Å². The van der Waals surface area contributed by atoms with Crippen LogP contribution in [0, 0.1) is 0 Å². The predicted molar refractivity (Wildman–Crippen MR) is 114 cm³/mol. The van der Waals surface area contributed by atoms with E-state index in [4.69, 9.17) is 4.74 Å². The van der Waals surface area contributed by atoms with Crippen molar-refractivity contribution in [2.45, 2.75) is 6.61 Å². The zero-order valence-corrected chi connectivity index (χ0v) is 16.2. The van der Waals surface area contributed by atoms with Crippen LogP contribution in [0.5, 0.6) is 5.75 Å². The molecule has 2 aromatic heterocycles. The van der Waals surface area contributed by atoms with Crippen LogP contribution in [0.4, 0.5) is 5.82 Å². The molecule has 0 spiro atoms. The van der Waals surface area contributed by atoms with Crippen molar-refractivity contribution < 1.29 is 9.53 Å². The molecule has 0 aliphatic heterocycles. The zero-order valence-electron chi connectivity index (χ0n) is 15.4. The molecule has 0 saturated heterocycles. The molecule has 0 atom stereocenters. The maximum atomic E-state index is 12.4. The Morgan fingerprint density at radius 1 is 0.966 bits per heavy atom. The van der Waals surface area contributed by atoms with Crippen LogP contribution >= 0.6 is 11.3 Å². The van der Waals surface area contributed by atoms with Crippen molar-refractivity contribution in [2.75, 3.05) is 5.43 Å². The van der Waals surface area contributed by atoms with Gasteiger partial charge in [0.25, 0.3) is 5.91 Å². The number of ether oxygens (including phenoxy) is 1. The van der Waals surface area contributed by atoms with Gasteiger partial charge in [-0.05, 0) is 29.8 Å². The van der Waals surface area contributed by atoms with Gasteiger partial charge in [-0.2, -0.15) is 0 Å². The molecule has 7 heteroatoms. The number of nitrogens with zero attached hydrogens (tertiary/aromatic N) is 2. The van der Waals surface area contributed by atoms with Crippen LogP contribution in [0.1, 0.15) is 16.1 Å². The number of anilines is 1. The molecule has 6 nitrogen and oxygen atoms in total. The van der Waals surface area contributed by atoms with Gasteiger partial charge in [0.15, 0.2) is 0 Å². The molecule has 2 aromatic carbocycles. The van der Waals surface area contributed by atoms with E-state index >= 15 is 0 Å². The van der Waals surface area contributed by atoms with Crippen molar-refractivity contribution in [1.82, 2.24) is 15.4 Å². The standard InChI is InChI=1S/C22H18N4O2S/c27-21(26-25-20-12-6-7-13-23-20)18-15-29-22(24-18)17-10-4-5-11-19(17)28-14-16-8-2-1-3-9-16/h1-13,15H,14H2,(H,23,25)(H,26,27). The lowest BCUT2D eigenvalue weighted by Crippen LogP contribution is -2.29. The first-order valence-electron chi connectivity index (χ1n) is 8.98. The Morgan fingerprint density at radius 3 is 2.59 bits per heavy atom. The summed E-state index contributed by atoms with van der Waals surface area (Å²) in [5.74, 6) is 0.945. The molecule has 1 amide bonds. The summed E-state index contributed by atoms with van der Waals surface area (Å²) in [4.78, 5) is 20.9. The Morgan fingerprint density at radius 2 is 1.76 bits per heavy atom. The number of carbonyl (C=O) groups excluding carboxylic acids is 1. The highest BCUT2D eigenvalue weighted by atomic mass is 32.1. The third kappa shape index (κ3) is 4.77. The second kappa shape index (κ2) is 8.99. The maximum Gasteiger partial charge on any atom is 0.289 e. The number of thiazole rings is 1. The van der Waals surface area contributed by atoms with Crippen LogP contribution in [0.3, 0.4) is 0 Å². The minimum Gasteiger partial charge on any atom is -0.488 e. The Hall–Kier alpha value is -3.71. The Balaban J connectivity index is 1.45. The van der Waals surface area contributed by atoms with Crippen LogP contribution in [-0.4, -0.2) is 15.9 Å². The lowest BCUT2D eigenvalue weighted by molar-refractivity contribution is 0.0958. The van der Waals surface area contributed by atoms with Gasteiger partial charge in [-0.25, -0.2) is 9.97 Å². The van der Waals surface area contributed by atoms with Crippen molar-refractivity contribution in [3.05, 3.63) is 95.6 Å². The smallest absolute Gasteiger partial charge is 0.289 e. The van der Waals surface area contributed by atoms with Crippen molar-refractivity contribution in [2.24, 2.45) is 0 Å². The number of hydrazine groups is 1. The number of hydrogen-bond acceptors (Lipinski definition) is 6. The lowest BCUT2D eigenvalue weighted by Gasteiger charge is -2.10. The van der Waals surface area contributed by atoms with Gasteiger partial charge in [-0.1, -0.05) is 48.5 Å². The molecule has 2 heterocycles. The van der Waals surface area contributed by atoms with Crippen LogP contribution in [0.2, 0.25) is 0 Å². The first kappa shape index (κ1) is 18.6. The lowest BCUT2D eigenvalue weighted by atomic mass is 10.2. The maximum absolute atomic E-state index is 12.4. The number of aromatic nitrogens is 2. The highest BCUT2D eigenvalue weighted by molar-refractivity contribution is 7.13. The Labute approximate surface area is 172 Å². The molecule has 0 fully saturated rings. The third-order valence-electron chi connectivity index (χ3n) is 4.06. The van der Waals surface area contributed by atoms with Gasteiger partial charge < -0.3 is 4.74 Å². The molecular formula is C22H18N4O2S. The second-order valence-electron chi connectivity index (χ2n) is 6.10. The number of nitrogens with one attached hydrogen (secondary N) is 2. The largest absolute Gasteiger partial charge is 0.488 e. The zero-order chi connectivity index (χ0) is 19.9. The average Bonchev–Trinajstić information content (AvgIpc) is 3.28. The summed E-state index contributed by atoms with van der Waals surface area (Å²) in [6.45, 7) is 0.463. The minimum absolute atomic E-state index is 0.325. The number of hydrogen-bond donors (Lipinski definition) is 2. The van der Waals surface area contributed by atoms with Crippen LogP contribution in [0.25, 0.3) is 10.6 Å². The SMILES string of the molecule is O=C(NNc1ccccn1)c1csc(-c2ccccc2OCc2ccccc2)n1. The molecule has 0 bridgehead atoms. The molecule has 0 aliphatic carbocycles. The number of rotatable bonds is 7. The minimum atomic E-state index is -0.333. The van der Waals surface area contributed by atoms with E-state index in [1.165, 1.54) is 11.3 Å². The second-order valence-corrected chi connectivity index (χ2v) is 6.96. The average molecular weight is 402 g/mol. The fourth-order valence-corrected chi connectivity index (χ4v) is 3.46. The molecule has 29 heavy (non-hydrogen) atoms. The molecule has 0 unspecified atom stereocenters. The fraction of sp³-hybridized carbons (Fsp3) is 0.0455. The number of benzene rings is 2. The molecule has 0 radical (unpaired) electrons. The topological polar surface area (TPSA) is 76.1 Å². The van der Waals surface area contributed by atoms with Crippen LogP contribution in [-0.2, 0) is 6.61 Å². The van der Waals surface area contributed by atoms with Crippen LogP contribution < -0.4 is 15.6 Å². The molecule has 0 aliphatic rings. The van der Waals surface area contributed by atoms with E-state index in [9.17, 15) is 4.79 Å². The third-order valence-corrected chi connectivity index (χ3v) is 4.94. The van der Waals surface area contributed by atoms with E-state index in [1.807, 2.05) is 60.7 Å². The van der Waals surface area contributed by atoms with E-state index in [2.05, 4.69) is 20.8 Å². The first-order chi connectivity index (χ1) is 14.3. The summed E-state index contributed by atoms with van der Waals surface area (Å²) < 4.78 is 6.00. The van der Waals surface area contributed by atoms with E-state index in [0.717, 1.165) is 21.9 Å². The number of amides is 1. The van der Waals surface area contributed by atoms with Crippen molar-refractivity contribution in [1.29, 1.82) is 0 Å². The number of carbonyl (C=O) groups is 1. The van der Waals surface area contributed by atoms with E-state index in [-0.39, 0.29) is 5.91 Å². The summed E-state index contributed by atoms with van der Waals surface area (Å²) in [6, 6.07) is 23.0. The number of pyridine rings is 1. The summed E-state index contributed by atoms with van der Waals surface area (Å²) in [5, 5.41) is 2.44. The van der Waals surface area contributed by atoms with E-state index in [1.54, 1.807) is 23.7 Å². The molecule has 144 valence electrons. The van der Waals surface area contributed by atoms with Gasteiger partial charge in [0.2, 0.25) is 0 Å². The highest BCUT2D eigenvalue weighted by Gasteiger charge is 2.14. The predicted octanol–water partition coefficient (Wildman–Crippen LogP) is 4.54. The van der Waals surface area contributed by atoms with Gasteiger partial charge in [-0.3, -0.25) is 15.6 Å². The fourth-order valence-electron chi connectivity index (χ4n) is 2.63. The Bertz CT molecular complexity index is 1080. The van der Waals surface area contributed by atoms with Gasteiger partial charge in [0.05, 0.1) is 5.56 Å². The van der Waals surface area contributed by atoms with Crippen molar-refractivity contribution in [3.63, 3.8) is 0 Å². The first-order valence-corrected chi connectivity index (χ1v) is 9.86. The quantitative estimate of drug-likeness (QED) is 0.444. The van der Waals surface area contributed by atoms with Gasteiger partial charge >= 0.3 is 0 Å². The van der Waals surface area contributed by atoms with Gasteiger partial charge in [0, 0.05) is 11.6 Å². The van der Waals surface area contributed by atoms with Crippen LogP contribution in [0.15, 0.2) is 84.4 Å². The monoisotopic (exact) mass is 402 g/mol. The Kier molecular flexibility index (Phi) is 5.78. The molecule has 0 saturated carbocycles. The normalized spacial score (nSPS) is 10.3. The summed E-state index contributed by atoms with van der Waals surface area (Å²) in [5.41, 5.74) is 7.64. The van der Waals surface area contributed by atoms with E-state index in [0.29, 0.717) is 18.1 Å². The summed E-state index contributed by atoms with van der Waals surface area (Å²) in [6.07, 6.45) is 1.64. The molecular weight excluding hydrogens is 384 g/mol. The summed E-state index contributed by atoms with van der Waals surface area (Å²) >= 11 is 1.39. The molecule has 4 rings (SSSR count). The number of para-hydroxylation sites is 1.